The van der Waals surface area contributed by atoms with Crippen LogP contribution < -0.4 is 5.32 Å². The number of benzene rings is 2. The molecule has 1 unspecified atom stereocenters. The maximum absolute atomic E-state index is 13.0. The summed E-state index contributed by atoms with van der Waals surface area (Å²) in [6.07, 6.45) is 2.15. The fraction of sp³-hybridized carbons (Fsp3) is 0.294. The summed E-state index contributed by atoms with van der Waals surface area (Å²) in [5.74, 6) is -0.170. The van der Waals surface area contributed by atoms with Crippen LogP contribution in [0.2, 0.25) is 0 Å². The van der Waals surface area contributed by atoms with E-state index in [1.54, 1.807) is 12.1 Å². The predicted octanol–water partition coefficient (Wildman–Crippen LogP) is 3.94. The second-order valence-electron chi connectivity index (χ2n) is 4.94. The first-order valence-electron chi connectivity index (χ1n) is 6.76. The van der Waals surface area contributed by atoms with Gasteiger partial charge in [-0.3, -0.25) is 0 Å². The number of rotatable bonds is 6. The van der Waals surface area contributed by atoms with Gasteiger partial charge in [0.2, 0.25) is 0 Å². The molecule has 2 aromatic rings. The highest BCUT2D eigenvalue weighted by molar-refractivity contribution is 5.16. The lowest BCUT2D eigenvalue weighted by Gasteiger charge is -2.14. The predicted molar refractivity (Wildman–Crippen MR) is 77.5 cm³/mol. The highest BCUT2D eigenvalue weighted by Crippen LogP contribution is 2.07. The lowest BCUT2D eigenvalue weighted by Crippen LogP contribution is -2.26. The summed E-state index contributed by atoms with van der Waals surface area (Å²) in [6, 6.07) is 17.7. The van der Waals surface area contributed by atoms with E-state index in [1.165, 1.54) is 11.6 Å². The van der Waals surface area contributed by atoms with Crippen molar-refractivity contribution in [3.63, 3.8) is 0 Å². The van der Waals surface area contributed by atoms with E-state index in [4.69, 9.17) is 0 Å². The van der Waals surface area contributed by atoms with Crippen molar-refractivity contribution in [1.82, 2.24) is 5.32 Å². The zero-order valence-corrected chi connectivity index (χ0v) is 11.3. The zero-order valence-electron chi connectivity index (χ0n) is 11.3. The Bertz CT molecular complexity index is 496. The molecule has 0 aliphatic carbocycles. The Kier molecular flexibility index (Phi) is 5.10. The van der Waals surface area contributed by atoms with E-state index in [2.05, 4.69) is 36.5 Å². The molecule has 0 heterocycles. The van der Waals surface area contributed by atoms with Gasteiger partial charge in [0.25, 0.3) is 0 Å². The normalized spacial score (nSPS) is 12.3. The van der Waals surface area contributed by atoms with Crippen molar-refractivity contribution in [3.05, 3.63) is 71.5 Å². The molecule has 1 atom stereocenters. The summed E-state index contributed by atoms with van der Waals surface area (Å²) in [5.41, 5.74) is 2.36. The van der Waals surface area contributed by atoms with Gasteiger partial charge in [-0.1, -0.05) is 42.5 Å². The van der Waals surface area contributed by atoms with Gasteiger partial charge in [-0.15, -0.1) is 0 Å². The zero-order chi connectivity index (χ0) is 13.5. The lowest BCUT2D eigenvalue weighted by atomic mass is 10.1. The van der Waals surface area contributed by atoms with E-state index in [1.807, 2.05) is 12.1 Å². The van der Waals surface area contributed by atoms with Crippen LogP contribution in [-0.4, -0.2) is 6.04 Å². The minimum absolute atomic E-state index is 0.170. The molecular weight excluding hydrogens is 237 g/mol. The monoisotopic (exact) mass is 257 g/mol. The van der Waals surface area contributed by atoms with Crippen molar-refractivity contribution < 1.29 is 4.39 Å². The molecule has 2 rings (SSSR count). The Hall–Kier alpha value is -1.67. The molecule has 0 fully saturated rings. The average Bonchev–Trinajstić information content (AvgIpc) is 2.44. The number of aryl methyl sites for hydroxylation is 1. The minimum Gasteiger partial charge on any atom is -0.310 e. The van der Waals surface area contributed by atoms with Crippen LogP contribution in [0.15, 0.2) is 54.6 Å². The third-order valence-electron chi connectivity index (χ3n) is 3.25. The maximum atomic E-state index is 13.0. The Morgan fingerprint density at radius 3 is 2.47 bits per heavy atom. The van der Waals surface area contributed by atoms with E-state index in [9.17, 15) is 4.39 Å². The largest absolute Gasteiger partial charge is 0.310 e. The lowest BCUT2D eigenvalue weighted by molar-refractivity contribution is 0.512. The van der Waals surface area contributed by atoms with Gasteiger partial charge < -0.3 is 5.32 Å². The Morgan fingerprint density at radius 1 is 1.00 bits per heavy atom. The third kappa shape index (κ3) is 4.84. The molecule has 0 spiro atoms. The van der Waals surface area contributed by atoms with Gasteiger partial charge in [0.1, 0.15) is 5.82 Å². The Balaban J connectivity index is 1.74. The molecule has 0 amide bonds. The van der Waals surface area contributed by atoms with Gasteiger partial charge in [-0.2, -0.15) is 0 Å². The standard InChI is InChI=1S/C17H20FN/c1-14(10-11-15-6-3-2-4-7-15)19-13-16-8-5-9-17(18)12-16/h2-9,12,14,19H,10-11,13H2,1H3. The molecular formula is C17H20FN. The number of hydrogen-bond acceptors (Lipinski definition) is 1. The van der Waals surface area contributed by atoms with E-state index < -0.39 is 0 Å². The first-order chi connectivity index (χ1) is 9.24. The van der Waals surface area contributed by atoms with Crippen LogP contribution in [-0.2, 0) is 13.0 Å². The number of hydrogen-bond donors (Lipinski definition) is 1. The highest BCUT2D eigenvalue weighted by Gasteiger charge is 2.03. The van der Waals surface area contributed by atoms with Crippen LogP contribution in [0.5, 0.6) is 0 Å². The minimum atomic E-state index is -0.170. The smallest absolute Gasteiger partial charge is 0.123 e. The van der Waals surface area contributed by atoms with Crippen LogP contribution in [0.25, 0.3) is 0 Å². The SMILES string of the molecule is CC(CCc1ccccc1)NCc1cccc(F)c1. The van der Waals surface area contributed by atoms with Crippen molar-refractivity contribution in [2.75, 3.05) is 0 Å². The number of nitrogens with one attached hydrogen (secondary N) is 1. The molecule has 0 bridgehead atoms. The average molecular weight is 257 g/mol. The van der Waals surface area contributed by atoms with Crippen molar-refractivity contribution in [2.45, 2.75) is 32.4 Å². The molecule has 100 valence electrons. The molecule has 19 heavy (non-hydrogen) atoms. The van der Waals surface area contributed by atoms with Gasteiger partial charge in [0, 0.05) is 12.6 Å². The van der Waals surface area contributed by atoms with Crippen LogP contribution in [0.1, 0.15) is 24.5 Å². The molecule has 1 nitrogen and oxygen atoms in total. The van der Waals surface area contributed by atoms with Gasteiger partial charge in [-0.25, -0.2) is 4.39 Å². The summed E-state index contributed by atoms with van der Waals surface area (Å²) in [5, 5.41) is 3.43. The molecule has 1 N–H and O–H groups in total. The van der Waals surface area contributed by atoms with Crippen LogP contribution >= 0.6 is 0 Å². The molecule has 0 aliphatic rings. The molecule has 0 saturated carbocycles. The number of halogens is 1. The fourth-order valence-corrected chi connectivity index (χ4v) is 2.07. The summed E-state index contributed by atoms with van der Waals surface area (Å²) in [7, 11) is 0. The van der Waals surface area contributed by atoms with E-state index >= 15 is 0 Å². The quantitative estimate of drug-likeness (QED) is 0.826. The summed E-state index contributed by atoms with van der Waals surface area (Å²) >= 11 is 0. The third-order valence-corrected chi connectivity index (χ3v) is 3.25. The molecule has 0 aromatic heterocycles. The van der Waals surface area contributed by atoms with Crippen molar-refractivity contribution in [1.29, 1.82) is 0 Å². The molecule has 2 aromatic carbocycles. The van der Waals surface area contributed by atoms with Gasteiger partial charge in [0.05, 0.1) is 0 Å². The first-order valence-corrected chi connectivity index (χ1v) is 6.76. The second-order valence-corrected chi connectivity index (χ2v) is 4.94. The molecule has 0 radical (unpaired) electrons. The summed E-state index contributed by atoms with van der Waals surface area (Å²) < 4.78 is 13.0. The van der Waals surface area contributed by atoms with Gasteiger partial charge >= 0.3 is 0 Å². The van der Waals surface area contributed by atoms with Crippen molar-refractivity contribution in [2.24, 2.45) is 0 Å². The van der Waals surface area contributed by atoms with Crippen LogP contribution in [0.4, 0.5) is 4.39 Å². The molecule has 2 heteroatoms. The van der Waals surface area contributed by atoms with E-state index in [0.29, 0.717) is 12.6 Å². The second kappa shape index (κ2) is 7.05. The first kappa shape index (κ1) is 13.8. The Morgan fingerprint density at radius 2 is 1.74 bits per heavy atom. The Labute approximate surface area is 114 Å². The van der Waals surface area contributed by atoms with E-state index in [0.717, 1.165) is 18.4 Å². The van der Waals surface area contributed by atoms with Crippen LogP contribution in [0.3, 0.4) is 0 Å². The van der Waals surface area contributed by atoms with Gasteiger partial charge in [-0.05, 0) is 43.0 Å². The fourth-order valence-electron chi connectivity index (χ4n) is 2.07. The topological polar surface area (TPSA) is 12.0 Å². The van der Waals surface area contributed by atoms with Crippen LogP contribution in [0, 0.1) is 5.82 Å². The van der Waals surface area contributed by atoms with Crippen molar-refractivity contribution in [3.8, 4) is 0 Å². The maximum Gasteiger partial charge on any atom is 0.123 e. The molecule has 0 aliphatic heterocycles. The highest BCUT2D eigenvalue weighted by atomic mass is 19.1. The van der Waals surface area contributed by atoms with Crippen molar-refractivity contribution >= 4 is 0 Å². The van der Waals surface area contributed by atoms with Gasteiger partial charge in [0.15, 0.2) is 0 Å². The molecule has 0 saturated heterocycles. The van der Waals surface area contributed by atoms with E-state index in [-0.39, 0.29) is 5.82 Å². The summed E-state index contributed by atoms with van der Waals surface area (Å²) in [6.45, 7) is 2.88. The summed E-state index contributed by atoms with van der Waals surface area (Å²) in [4.78, 5) is 0.